The fourth-order valence-corrected chi connectivity index (χ4v) is 2.61. The predicted molar refractivity (Wildman–Crippen MR) is 110 cm³/mol. The van der Waals surface area contributed by atoms with E-state index in [0.29, 0.717) is 5.46 Å². The number of nitrogens with zero attached hydrogens (tertiary/aromatic N) is 3. The van der Waals surface area contributed by atoms with Crippen LogP contribution in [0.5, 0.6) is 0 Å². The van der Waals surface area contributed by atoms with Crippen LogP contribution >= 0.6 is 0 Å². The molecule has 0 unspecified atom stereocenters. The van der Waals surface area contributed by atoms with Gasteiger partial charge in [0.15, 0.2) is 0 Å². The lowest BCUT2D eigenvalue weighted by atomic mass is 9.79. The minimum absolute atomic E-state index is 0.499. The van der Waals surface area contributed by atoms with Crippen molar-refractivity contribution in [2.75, 3.05) is 7.11 Å². The summed E-state index contributed by atoms with van der Waals surface area (Å²) in [5, 5.41) is 33.3. The van der Waals surface area contributed by atoms with Crippen molar-refractivity contribution in [2.45, 2.75) is 0 Å². The minimum Gasteiger partial charge on any atom is -0.423 e. The van der Waals surface area contributed by atoms with Gasteiger partial charge >= 0.3 is 14.2 Å². The molecule has 2 aromatic carbocycles. The summed E-state index contributed by atoms with van der Waals surface area (Å²) in [6.07, 6.45) is 7.00. The molecule has 3 N–H and O–H groups in total. The molecule has 0 fully saturated rings. The van der Waals surface area contributed by atoms with Crippen LogP contribution in [0, 0.1) is 0 Å². The van der Waals surface area contributed by atoms with Crippen LogP contribution in [0.15, 0.2) is 79.4 Å². The highest BCUT2D eigenvalue weighted by atomic mass is 16.5. The predicted octanol–water partition coefficient (Wildman–Crippen LogP) is 0.121. The zero-order valence-electron chi connectivity index (χ0n) is 15.3. The second-order valence-corrected chi connectivity index (χ2v) is 5.99. The van der Waals surface area contributed by atoms with E-state index >= 15 is 0 Å². The number of fused-ring (bicyclic) bond motifs is 1. The highest BCUT2D eigenvalue weighted by Gasteiger charge is 2.13. The summed E-state index contributed by atoms with van der Waals surface area (Å²) in [6.45, 7) is 0. The first kappa shape index (κ1) is 19.8. The van der Waals surface area contributed by atoms with Crippen LogP contribution in [0.25, 0.3) is 16.5 Å². The summed E-state index contributed by atoms with van der Waals surface area (Å²) in [4.78, 5) is 3.96. The highest BCUT2D eigenvalue weighted by Crippen LogP contribution is 2.09. The number of hydrogen-bond donors (Lipinski definition) is 3. The zero-order valence-corrected chi connectivity index (χ0v) is 15.3. The molecule has 0 saturated heterocycles. The first-order valence-corrected chi connectivity index (χ1v) is 8.59. The van der Waals surface area contributed by atoms with E-state index in [0.717, 1.165) is 21.9 Å². The Bertz CT molecular complexity index is 1010. The Balaban J connectivity index is 0.000000162. The van der Waals surface area contributed by atoms with E-state index in [9.17, 15) is 5.02 Å². The van der Waals surface area contributed by atoms with Gasteiger partial charge in [-0.3, -0.25) is 4.98 Å². The van der Waals surface area contributed by atoms with Crippen LogP contribution in [0.4, 0.5) is 0 Å². The first-order chi connectivity index (χ1) is 13.6. The number of aromatic nitrogens is 3. The molecule has 0 saturated carbocycles. The van der Waals surface area contributed by atoms with Gasteiger partial charge in [-0.05, 0) is 46.0 Å². The Morgan fingerprint density at radius 1 is 0.893 bits per heavy atom. The molecule has 7 nitrogen and oxygen atoms in total. The normalized spacial score (nSPS) is 10.3. The van der Waals surface area contributed by atoms with Crippen LogP contribution in [0.1, 0.15) is 0 Å². The van der Waals surface area contributed by atoms with E-state index in [1.165, 1.54) is 7.11 Å². The van der Waals surface area contributed by atoms with Crippen molar-refractivity contribution in [2.24, 2.45) is 0 Å². The van der Waals surface area contributed by atoms with Gasteiger partial charge in [-0.15, -0.1) is 0 Å². The molecule has 0 atom stereocenters. The van der Waals surface area contributed by atoms with Crippen LogP contribution in [0.2, 0.25) is 0 Å². The largest absolute Gasteiger partial charge is 0.490 e. The second kappa shape index (κ2) is 9.29. The molecule has 0 aliphatic rings. The van der Waals surface area contributed by atoms with Crippen molar-refractivity contribution < 1.29 is 19.7 Å². The SMILES string of the molecule is COB(O)c1ccc(-n2cccn2)cc1.OB(O)c1ccc2cnccc2c1. The summed E-state index contributed by atoms with van der Waals surface area (Å²) in [5.41, 5.74) is 2.18. The lowest BCUT2D eigenvalue weighted by Gasteiger charge is -2.05. The van der Waals surface area contributed by atoms with Gasteiger partial charge in [0.2, 0.25) is 0 Å². The summed E-state index contributed by atoms with van der Waals surface area (Å²) in [5.74, 6) is 0. The molecule has 9 heteroatoms. The Labute approximate surface area is 163 Å². The summed E-state index contributed by atoms with van der Waals surface area (Å²) in [7, 11) is -0.805. The molecule has 4 rings (SSSR count). The molecule has 0 bridgehead atoms. The van der Waals surface area contributed by atoms with E-state index in [4.69, 9.17) is 14.7 Å². The maximum Gasteiger partial charge on any atom is 0.490 e. The van der Waals surface area contributed by atoms with Gasteiger partial charge in [-0.2, -0.15) is 5.10 Å². The van der Waals surface area contributed by atoms with Crippen molar-refractivity contribution in [3.05, 3.63) is 79.4 Å². The second-order valence-electron chi connectivity index (χ2n) is 5.99. The lowest BCUT2D eigenvalue weighted by molar-refractivity contribution is 0.341. The maximum atomic E-state index is 9.41. The summed E-state index contributed by atoms with van der Waals surface area (Å²) in [6, 6.07) is 16.3. The van der Waals surface area contributed by atoms with Gasteiger partial charge in [-0.1, -0.05) is 30.3 Å². The van der Waals surface area contributed by atoms with E-state index in [2.05, 4.69) is 10.1 Å². The third-order valence-electron chi connectivity index (χ3n) is 4.13. The zero-order chi connectivity index (χ0) is 19.9. The van der Waals surface area contributed by atoms with Crippen LogP contribution in [-0.2, 0) is 4.65 Å². The first-order valence-electron chi connectivity index (χ1n) is 8.59. The number of pyridine rings is 1. The van der Waals surface area contributed by atoms with Crippen molar-refractivity contribution in [3.63, 3.8) is 0 Å². The van der Waals surface area contributed by atoms with Crippen molar-refractivity contribution in [1.29, 1.82) is 0 Å². The van der Waals surface area contributed by atoms with E-state index in [1.54, 1.807) is 35.4 Å². The molecule has 2 aromatic heterocycles. The van der Waals surface area contributed by atoms with Gasteiger partial charge in [0.1, 0.15) is 0 Å². The Hall–Kier alpha value is -2.97. The van der Waals surface area contributed by atoms with Crippen molar-refractivity contribution >= 4 is 35.9 Å². The molecule has 0 aliphatic carbocycles. The number of benzene rings is 2. The molecule has 0 radical (unpaired) electrons. The van der Waals surface area contributed by atoms with Gasteiger partial charge in [0.25, 0.3) is 0 Å². The van der Waals surface area contributed by atoms with E-state index < -0.39 is 14.2 Å². The monoisotopic (exact) mass is 375 g/mol. The van der Waals surface area contributed by atoms with Gasteiger partial charge in [-0.25, -0.2) is 4.68 Å². The summed E-state index contributed by atoms with van der Waals surface area (Å²) >= 11 is 0. The quantitative estimate of drug-likeness (QED) is 0.439. The topological polar surface area (TPSA) is 101 Å². The fourth-order valence-electron chi connectivity index (χ4n) is 2.61. The lowest BCUT2D eigenvalue weighted by Crippen LogP contribution is -2.32. The molecule has 0 spiro atoms. The Morgan fingerprint density at radius 3 is 2.29 bits per heavy atom. The molecule has 140 valence electrons. The van der Waals surface area contributed by atoms with Crippen LogP contribution in [0.3, 0.4) is 0 Å². The van der Waals surface area contributed by atoms with E-state index in [1.807, 2.05) is 48.7 Å². The third kappa shape index (κ3) is 4.84. The van der Waals surface area contributed by atoms with Crippen molar-refractivity contribution in [1.82, 2.24) is 14.8 Å². The molecule has 4 aromatic rings. The molecule has 28 heavy (non-hydrogen) atoms. The smallest absolute Gasteiger partial charge is 0.423 e. The molecular formula is C19H19B2N3O4. The fraction of sp³-hybridized carbons (Fsp3) is 0.0526. The number of hydrogen-bond acceptors (Lipinski definition) is 6. The van der Waals surface area contributed by atoms with Gasteiger partial charge in [0, 0.05) is 31.9 Å². The average molecular weight is 375 g/mol. The third-order valence-corrected chi connectivity index (χ3v) is 4.13. The molecule has 0 aliphatic heterocycles. The van der Waals surface area contributed by atoms with Crippen molar-refractivity contribution in [3.8, 4) is 5.69 Å². The number of rotatable bonds is 4. The van der Waals surface area contributed by atoms with E-state index in [-0.39, 0.29) is 0 Å². The maximum absolute atomic E-state index is 9.41. The summed E-state index contributed by atoms with van der Waals surface area (Å²) < 4.78 is 6.55. The molecular weight excluding hydrogens is 356 g/mol. The Morgan fingerprint density at radius 2 is 1.64 bits per heavy atom. The van der Waals surface area contributed by atoms with Crippen LogP contribution < -0.4 is 10.9 Å². The average Bonchev–Trinajstić information content (AvgIpc) is 3.28. The standard InChI is InChI=1S/C10H11BN2O2.C9H8BNO2/c1-15-11(14)9-3-5-10(6-4-9)13-8-2-7-12-13;12-10(13)9-2-1-8-6-11-4-3-7(8)5-9/h2-8,14H,1H3;1-6,12-13H. The molecule has 0 amide bonds. The molecule has 2 heterocycles. The highest BCUT2D eigenvalue weighted by molar-refractivity contribution is 6.60. The Kier molecular flexibility index (Phi) is 6.57. The van der Waals surface area contributed by atoms with Gasteiger partial charge in [0.05, 0.1) is 5.69 Å². The van der Waals surface area contributed by atoms with Crippen LogP contribution in [-0.4, -0.2) is 51.2 Å². The minimum atomic E-state index is -1.41. The van der Waals surface area contributed by atoms with Gasteiger partial charge < -0.3 is 19.7 Å².